The van der Waals surface area contributed by atoms with Gasteiger partial charge in [-0.25, -0.2) is 0 Å². The lowest BCUT2D eigenvalue weighted by Crippen LogP contribution is -2.42. The predicted octanol–water partition coefficient (Wildman–Crippen LogP) is 5.06. The molecule has 1 fully saturated rings. The summed E-state index contributed by atoms with van der Waals surface area (Å²) in [6.07, 6.45) is -0.375. The third-order valence-corrected chi connectivity index (χ3v) is 5.59. The summed E-state index contributed by atoms with van der Waals surface area (Å²) in [5, 5.41) is 9.79. The van der Waals surface area contributed by atoms with Crippen LogP contribution in [0.3, 0.4) is 0 Å². The third kappa shape index (κ3) is 3.57. The maximum atomic E-state index is 13.2. The third-order valence-electron chi connectivity index (χ3n) is 5.26. The Morgan fingerprint density at radius 2 is 1.85 bits per heavy atom. The van der Waals surface area contributed by atoms with Crippen LogP contribution < -0.4 is 4.90 Å². The van der Waals surface area contributed by atoms with Crippen LogP contribution in [0.5, 0.6) is 0 Å². The highest BCUT2D eigenvalue weighted by molar-refractivity contribution is 6.31. The fourth-order valence-electron chi connectivity index (χ4n) is 4.05. The molecule has 1 saturated carbocycles. The molecule has 0 spiro atoms. The average molecular weight is 402 g/mol. The van der Waals surface area contributed by atoms with E-state index in [1.165, 1.54) is 13.0 Å². The summed E-state index contributed by atoms with van der Waals surface area (Å²) in [5.41, 5.74) is -1.11. The van der Waals surface area contributed by atoms with Crippen molar-refractivity contribution in [3.05, 3.63) is 40.1 Å². The fourth-order valence-corrected chi connectivity index (χ4v) is 4.28. The number of amides is 1. The van der Waals surface area contributed by atoms with Gasteiger partial charge in [-0.2, -0.15) is 13.2 Å². The van der Waals surface area contributed by atoms with Gasteiger partial charge in [0.05, 0.1) is 22.2 Å². The van der Waals surface area contributed by atoms with E-state index in [0.717, 1.165) is 49.1 Å². The molecule has 27 heavy (non-hydrogen) atoms. The minimum Gasteiger partial charge on any atom is -0.503 e. The Balaban J connectivity index is 2.10. The summed E-state index contributed by atoms with van der Waals surface area (Å²) in [6.45, 7) is 1.25. The Kier molecular flexibility index (Phi) is 5.25. The van der Waals surface area contributed by atoms with Crippen molar-refractivity contribution in [2.24, 2.45) is 5.92 Å². The Morgan fingerprint density at radius 1 is 1.22 bits per heavy atom. The molecule has 1 atom stereocenters. The first-order chi connectivity index (χ1) is 12.6. The van der Waals surface area contributed by atoms with Gasteiger partial charge in [0.1, 0.15) is 0 Å². The molecule has 0 bridgehead atoms. The molecule has 1 aliphatic heterocycles. The number of halogens is 4. The van der Waals surface area contributed by atoms with E-state index in [4.69, 9.17) is 11.6 Å². The van der Waals surface area contributed by atoms with Gasteiger partial charge in [0, 0.05) is 5.69 Å². The van der Waals surface area contributed by atoms with E-state index in [0.29, 0.717) is 0 Å². The van der Waals surface area contributed by atoms with E-state index < -0.39 is 40.3 Å². The zero-order chi connectivity index (χ0) is 19.9. The van der Waals surface area contributed by atoms with Gasteiger partial charge in [-0.1, -0.05) is 30.9 Å². The number of aliphatic hydroxyl groups excluding tert-OH is 1. The van der Waals surface area contributed by atoms with E-state index in [-0.39, 0.29) is 17.2 Å². The van der Waals surface area contributed by atoms with E-state index in [1.807, 2.05) is 0 Å². The van der Waals surface area contributed by atoms with E-state index in [9.17, 15) is 27.9 Å². The number of benzene rings is 1. The van der Waals surface area contributed by atoms with Crippen molar-refractivity contribution < 1.29 is 27.9 Å². The summed E-state index contributed by atoms with van der Waals surface area (Å²) in [4.78, 5) is 25.9. The highest BCUT2D eigenvalue weighted by atomic mass is 35.5. The molecule has 4 nitrogen and oxygen atoms in total. The topological polar surface area (TPSA) is 57.6 Å². The summed E-state index contributed by atoms with van der Waals surface area (Å²) < 4.78 is 39.7. The standard InChI is InChI=1S/C19H19ClF3NO3/c1-10(25)15-16(11-5-3-2-4-6-11)24(18(27)17(15)26)12-7-8-14(20)13(9-12)19(21,22)23/h7-9,11,16,26H,2-6H2,1H3. The molecule has 1 aromatic rings. The van der Waals surface area contributed by atoms with Crippen LogP contribution in [-0.4, -0.2) is 22.8 Å². The second-order valence-electron chi connectivity index (χ2n) is 7.00. The molecule has 146 valence electrons. The number of ketones is 1. The number of hydrogen-bond acceptors (Lipinski definition) is 3. The molecule has 3 rings (SSSR count). The Hall–Kier alpha value is -2.02. The van der Waals surface area contributed by atoms with Gasteiger partial charge in [0.25, 0.3) is 5.91 Å². The highest BCUT2D eigenvalue weighted by Gasteiger charge is 2.46. The van der Waals surface area contributed by atoms with Gasteiger partial charge in [0.15, 0.2) is 11.5 Å². The SMILES string of the molecule is CC(=O)C1=C(O)C(=O)N(c2ccc(Cl)c(C(F)(F)F)c2)C1C1CCCCC1. The number of rotatable bonds is 3. The summed E-state index contributed by atoms with van der Waals surface area (Å²) >= 11 is 5.68. The molecule has 0 aromatic heterocycles. The Morgan fingerprint density at radius 3 is 2.41 bits per heavy atom. The quantitative estimate of drug-likeness (QED) is 0.770. The summed E-state index contributed by atoms with van der Waals surface area (Å²) in [5.74, 6) is -2.09. The predicted molar refractivity (Wildman–Crippen MR) is 94.6 cm³/mol. The molecule has 1 amide bonds. The van der Waals surface area contributed by atoms with Crippen LogP contribution >= 0.6 is 11.6 Å². The monoisotopic (exact) mass is 401 g/mol. The second kappa shape index (κ2) is 7.19. The molecule has 0 saturated heterocycles. The first-order valence-corrected chi connectivity index (χ1v) is 9.15. The van der Waals surface area contributed by atoms with Gasteiger partial charge in [-0.15, -0.1) is 0 Å². The van der Waals surface area contributed by atoms with E-state index in [2.05, 4.69) is 0 Å². The number of alkyl halides is 3. The van der Waals surface area contributed by atoms with Gasteiger partial charge in [-0.05, 0) is 43.9 Å². The average Bonchev–Trinajstić information content (AvgIpc) is 2.87. The number of Topliss-reactive ketones (excluding diaryl/α,β-unsaturated/α-hetero) is 1. The number of anilines is 1. The lowest BCUT2D eigenvalue weighted by Gasteiger charge is -2.35. The molecule has 0 radical (unpaired) electrons. The van der Waals surface area contributed by atoms with E-state index >= 15 is 0 Å². The minimum atomic E-state index is -4.69. The maximum Gasteiger partial charge on any atom is 0.417 e. The number of hydrogen-bond donors (Lipinski definition) is 1. The van der Waals surface area contributed by atoms with Crippen molar-refractivity contribution in [1.82, 2.24) is 0 Å². The van der Waals surface area contributed by atoms with Crippen molar-refractivity contribution in [2.75, 3.05) is 4.90 Å². The van der Waals surface area contributed by atoms with E-state index in [1.54, 1.807) is 0 Å². The molecular weight excluding hydrogens is 383 g/mol. The summed E-state index contributed by atoms with van der Waals surface area (Å²) in [6, 6.07) is 2.42. The normalized spacial score (nSPS) is 21.9. The van der Waals surface area contributed by atoms with Crippen molar-refractivity contribution in [2.45, 2.75) is 51.2 Å². The highest BCUT2D eigenvalue weighted by Crippen LogP contribution is 2.43. The number of nitrogens with zero attached hydrogens (tertiary/aromatic N) is 1. The maximum absolute atomic E-state index is 13.2. The van der Waals surface area contributed by atoms with Crippen LogP contribution in [0.2, 0.25) is 5.02 Å². The first kappa shape index (κ1) is 19.7. The van der Waals surface area contributed by atoms with Crippen molar-refractivity contribution >= 4 is 29.0 Å². The van der Waals surface area contributed by atoms with Crippen LogP contribution in [0.15, 0.2) is 29.5 Å². The summed E-state index contributed by atoms with van der Waals surface area (Å²) in [7, 11) is 0. The second-order valence-corrected chi connectivity index (χ2v) is 7.41. The van der Waals surface area contributed by atoms with Crippen LogP contribution in [0, 0.1) is 5.92 Å². The van der Waals surface area contributed by atoms with Crippen LogP contribution in [-0.2, 0) is 15.8 Å². The fraction of sp³-hybridized carbons (Fsp3) is 0.474. The van der Waals surface area contributed by atoms with Gasteiger partial charge in [0.2, 0.25) is 0 Å². The molecule has 1 aromatic carbocycles. The number of carbonyl (C=O) groups excluding carboxylic acids is 2. The molecule has 1 aliphatic carbocycles. The van der Waals surface area contributed by atoms with Gasteiger partial charge in [-0.3, -0.25) is 14.5 Å². The zero-order valence-corrected chi connectivity index (χ0v) is 15.4. The lowest BCUT2D eigenvalue weighted by molar-refractivity contribution is -0.137. The largest absolute Gasteiger partial charge is 0.503 e. The number of aliphatic hydroxyl groups is 1. The van der Waals surface area contributed by atoms with Crippen LogP contribution in [0.4, 0.5) is 18.9 Å². The molecule has 1 N–H and O–H groups in total. The Bertz CT molecular complexity index is 813. The molecule has 8 heteroatoms. The Labute approximate surface area is 159 Å². The van der Waals surface area contributed by atoms with Gasteiger partial charge >= 0.3 is 6.18 Å². The smallest absolute Gasteiger partial charge is 0.417 e. The zero-order valence-electron chi connectivity index (χ0n) is 14.6. The van der Waals surface area contributed by atoms with Crippen molar-refractivity contribution in [3.63, 3.8) is 0 Å². The van der Waals surface area contributed by atoms with Crippen LogP contribution in [0.25, 0.3) is 0 Å². The molecular formula is C19H19ClF3NO3. The first-order valence-electron chi connectivity index (χ1n) is 8.77. The van der Waals surface area contributed by atoms with Crippen molar-refractivity contribution in [3.8, 4) is 0 Å². The molecule has 2 aliphatic rings. The van der Waals surface area contributed by atoms with Gasteiger partial charge < -0.3 is 5.11 Å². The van der Waals surface area contributed by atoms with Crippen LogP contribution in [0.1, 0.15) is 44.6 Å². The number of carbonyl (C=O) groups is 2. The van der Waals surface area contributed by atoms with Crippen molar-refractivity contribution in [1.29, 1.82) is 0 Å². The molecule has 1 heterocycles. The molecule has 1 unspecified atom stereocenters. The lowest BCUT2D eigenvalue weighted by atomic mass is 9.80. The minimum absolute atomic E-state index is 0.0181.